The Kier molecular flexibility index (Phi) is 4.11. The van der Waals surface area contributed by atoms with E-state index in [1.165, 1.54) is 0 Å². The van der Waals surface area contributed by atoms with Crippen molar-refractivity contribution in [2.75, 3.05) is 7.11 Å². The molecule has 82 valence electrons. The molecule has 0 saturated heterocycles. The van der Waals surface area contributed by atoms with Gasteiger partial charge < -0.3 is 15.6 Å². The van der Waals surface area contributed by atoms with Crippen LogP contribution in [0.15, 0.2) is 22.7 Å². The van der Waals surface area contributed by atoms with Crippen molar-refractivity contribution in [3.05, 3.63) is 28.2 Å². The maximum atomic E-state index is 10.5. The fourth-order valence-corrected chi connectivity index (χ4v) is 1.77. The molecule has 0 aliphatic heterocycles. The highest BCUT2D eigenvalue weighted by Crippen LogP contribution is 2.28. The number of carbonyl (C=O) groups is 1. The molecular weight excluding hydrogens is 262 g/mol. The molecule has 0 aliphatic rings. The summed E-state index contributed by atoms with van der Waals surface area (Å²) in [7, 11) is 1.55. The molecule has 0 bridgehead atoms. The van der Waals surface area contributed by atoms with Gasteiger partial charge in [0.2, 0.25) is 0 Å². The van der Waals surface area contributed by atoms with E-state index in [0.29, 0.717) is 5.75 Å². The van der Waals surface area contributed by atoms with Crippen LogP contribution in [-0.4, -0.2) is 18.2 Å². The molecule has 0 fully saturated rings. The number of carboxylic acids is 1. The van der Waals surface area contributed by atoms with E-state index in [9.17, 15) is 4.79 Å². The lowest BCUT2D eigenvalue weighted by Gasteiger charge is -2.12. The first kappa shape index (κ1) is 12.0. The van der Waals surface area contributed by atoms with Crippen molar-refractivity contribution in [2.45, 2.75) is 12.5 Å². The smallest absolute Gasteiger partial charge is 0.305 e. The number of rotatable bonds is 4. The number of hydrogen-bond acceptors (Lipinski definition) is 3. The Labute approximate surface area is 96.2 Å². The molecule has 0 radical (unpaired) electrons. The average Bonchev–Trinajstić information content (AvgIpc) is 2.17. The van der Waals surface area contributed by atoms with Crippen molar-refractivity contribution in [3.8, 4) is 5.75 Å². The van der Waals surface area contributed by atoms with Crippen molar-refractivity contribution in [1.29, 1.82) is 0 Å². The van der Waals surface area contributed by atoms with E-state index in [4.69, 9.17) is 15.6 Å². The van der Waals surface area contributed by atoms with Crippen molar-refractivity contribution < 1.29 is 14.6 Å². The Morgan fingerprint density at radius 1 is 1.67 bits per heavy atom. The minimum absolute atomic E-state index is 0.105. The highest BCUT2D eigenvalue weighted by atomic mass is 79.9. The van der Waals surface area contributed by atoms with Crippen LogP contribution in [0.25, 0.3) is 0 Å². The highest BCUT2D eigenvalue weighted by Gasteiger charge is 2.14. The number of halogens is 1. The van der Waals surface area contributed by atoms with Gasteiger partial charge in [-0.3, -0.25) is 4.79 Å². The second kappa shape index (κ2) is 5.14. The largest absolute Gasteiger partial charge is 0.497 e. The molecule has 0 unspecified atom stereocenters. The van der Waals surface area contributed by atoms with Gasteiger partial charge in [0.05, 0.1) is 13.5 Å². The molecule has 0 aliphatic carbocycles. The van der Waals surface area contributed by atoms with Gasteiger partial charge in [-0.25, -0.2) is 0 Å². The van der Waals surface area contributed by atoms with E-state index in [0.717, 1.165) is 10.0 Å². The summed E-state index contributed by atoms with van der Waals surface area (Å²) in [6, 6.07) is 4.77. The van der Waals surface area contributed by atoms with E-state index in [1.807, 2.05) is 0 Å². The third-order valence-corrected chi connectivity index (χ3v) is 2.72. The minimum Gasteiger partial charge on any atom is -0.497 e. The van der Waals surface area contributed by atoms with Crippen molar-refractivity contribution in [3.63, 3.8) is 0 Å². The van der Waals surface area contributed by atoms with Crippen LogP contribution in [0.4, 0.5) is 0 Å². The standard InChI is InChI=1S/C10H12BrNO3/c1-15-6-2-3-8(11)7(4-6)9(12)5-10(13)14/h2-4,9H,5,12H2,1H3,(H,13,14)/t9-/m1/s1. The van der Waals surface area contributed by atoms with E-state index >= 15 is 0 Å². The number of ether oxygens (including phenoxy) is 1. The van der Waals surface area contributed by atoms with Crippen LogP contribution in [0.2, 0.25) is 0 Å². The number of nitrogens with two attached hydrogens (primary N) is 1. The summed E-state index contributed by atoms with van der Waals surface area (Å²) in [6.07, 6.45) is -0.105. The first-order valence-corrected chi connectivity index (χ1v) is 5.14. The molecule has 15 heavy (non-hydrogen) atoms. The number of methoxy groups -OCH3 is 1. The molecule has 0 saturated carbocycles. The van der Waals surface area contributed by atoms with E-state index in [2.05, 4.69) is 15.9 Å². The molecule has 0 amide bonds. The SMILES string of the molecule is COc1ccc(Br)c([C@H](N)CC(=O)O)c1. The van der Waals surface area contributed by atoms with Gasteiger partial charge in [0, 0.05) is 10.5 Å². The molecule has 0 aromatic heterocycles. The zero-order valence-electron chi connectivity index (χ0n) is 8.24. The molecule has 1 aromatic rings. The number of hydrogen-bond donors (Lipinski definition) is 2. The van der Waals surface area contributed by atoms with Gasteiger partial charge in [-0.1, -0.05) is 15.9 Å². The number of carboxylic acid groups (broad SMARTS) is 1. The summed E-state index contributed by atoms with van der Waals surface area (Å²) >= 11 is 3.32. The summed E-state index contributed by atoms with van der Waals surface area (Å²) in [6.45, 7) is 0. The minimum atomic E-state index is -0.919. The lowest BCUT2D eigenvalue weighted by atomic mass is 10.0. The lowest BCUT2D eigenvalue weighted by Crippen LogP contribution is -2.15. The Bertz CT molecular complexity index is 368. The number of benzene rings is 1. The molecule has 1 atom stereocenters. The van der Waals surface area contributed by atoms with Gasteiger partial charge >= 0.3 is 5.97 Å². The maximum absolute atomic E-state index is 10.5. The number of aliphatic carboxylic acids is 1. The summed E-state index contributed by atoms with van der Waals surface area (Å²) in [5.74, 6) is -0.258. The van der Waals surface area contributed by atoms with Gasteiger partial charge in [-0.15, -0.1) is 0 Å². The van der Waals surface area contributed by atoms with Crippen LogP contribution in [0.1, 0.15) is 18.0 Å². The highest BCUT2D eigenvalue weighted by molar-refractivity contribution is 9.10. The molecule has 0 spiro atoms. The molecular formula is C10H12BrNO3. The Morgan fingerprint density at radius 3 is 2.87 bits per heavy atom. The predicted octanol–water partition coefficient (Wildman–Crippen LogP) is 1.93. The summed E-state index contributed by atoms with van der Waals surface area (Å²) < 4.78 is 5.83. The van der Waals surface area contributed by atoms with Crippen LogP contribution in [0, 0.1) is 0 Å². The van der Waals surface area contributed by atoms with E-state index < -0.39 is 12.0 Å². The Morgan fingerprint density at radius 2 is 2.33 bits per heavy atom. The zero-order valence-corrected chi connectivity index (χ0v) is 9.82. The van der Waals surface area contributed by atoms with Crippen LogP contribution in [-0.2, 0) is 4.79 Å². The van der Waals surface area contributed by atoms with Crippen LogP contribution < -0.4 is 10.5 Å². The molecule has 0 heterocycles. The topological polar surface area (TPSA) is 72.5 Å². The average molecular weight is 274 g/mol. The second-order valence-corrected chi connectivity index (χ2v) is 3.95. The van der Waals surface area contributed by atoms with Crippen molar-refractivity contribution in [2.24, 2.45) is 5.73 Å². The van der Waals surface area contributed by atoms with Gasteiger partial charge in [-0.2, -0.15) is 0 Å². The van der Waals surface area contributed by atoms with Crippen LogP contribution in [0.3, 0.4) is 0 Å². The van der Waals surface area contributed by atoms with Crippen LogP contribution in [0.5, 0.6) is 5.75 Å². The quantitative estimate of drug-likeness (QED) is 0.880. The monoisotopic (exact) mass is 273 g/mol. The fourth-order valence-electron chi connectivity index (χ4n) is 1.23. The normalized spacial score (nSPS) is 12.2. The third-order valence-electron chi connectivity index (χ3n) is 2.00. The third kappa shape index (κ3) is 3.21. The summed E-state index contributed by atoms with van der Waals surface area (Å²) in [5, 5.41) is 8.64. The van der Waals surface area contributed by atoms with Gasteiger partial charge in [0.15, 0.2) is 0 Å². The zero-order chi connectivity index (χ0) is 11.4. The maximum Gasteiger partial charge on any atom is 0.305 e. The first-order chi connectivity index (χ1) is 7.04. The Balaban J connectivity index is 2.95. The molecule has 1 aromatic carbocycles. The van der Waals surface area contributed by atoms with Gasteiger partial charge in [-0.05, 0) is 23.8 Å². The molecule has 5 heteroatoms. The van der Waals surface area contributed by atoms with E-state index in [-0.39, 0.29) is 6.42 Å². The second-order valence-electron chi connectivity index (χ2n) is 3.09. The molecule has 3 N–H and O–H groups in total. The molecule has 4 nitrogen and oxygen atoms in total. The first-order valence-electron chi connectivity index (χ1n) is 4.35. The molecule has 1 rings (SSSR count). The van der Waals surface area contributed by atoms with Gasteiger partial charge in [0.25, 0.3) is 0 Å². The predicted molar refractivity (Wildman–Crippen MR) is 59.9 cm³/mol. The van der Waals surface area contributed by atoms with Crippen molar-refractivity contribution in [1.82, 2.24) is 0 Å². The fraction of sp³-hybridized carbons (Fsp3) is 0.300. The van der Waals surface area contributed by atoms with Gasteiger partial charge in [0.1, 0.15) is 5.75 Å². The van der Waals surface area contributed by atoms with E-state index in [1.54, 1.807) is 25.3 Å². The summed E-state index contributed by atoms with van der Waals surface area (Å²) in [5.41, 5.74) is 6.49. The lowest BCUT2D eigenvalue weighted by molar-refractivity contribution is -0.137. The Hall–Kier alpha value is -1.07. The summed E-state index contributed by atoms with van der Waals surface area (Å²) in [4.78, 5) is 10.5. The van der Waals surface area contributed by atoms with Crippen molar-refractivity contribution >= 4 is 21.9 Å². The van der Waals surface area contributed by atoms with Crippen LogP contribution >= 0.6 is 15.9 Å².